The van der Waals surface area contributed by atoms with Crippen molar-refractivity contribution < 1.29 is 38.4 Å². The van der Waals surface area contributed by atoms with Gasteiger partial charge in [-0.15, -0.1) is 0 Å². The molecular formula is C27H34O8. The number of fused-ring (bicyclic) bond motifs is 1. The van der Waals surface area contributed by atoms with Crippen LogP contribution >= 0.6 is 0 Å². The van der Waals surface area contributed by atoms with Crippen molar-refractivity contribution in [2.45, 2.75) is 70.9 Å². The maximum Gasteiger partial charge on any atom is 0.335 e. The van der Waals surface area contributed by atoms with Crippen LogP contribution in [0.25, 0.3) is 0 Å². The van der Waals surface area contributed by atoms with Gasteiger partial charge < -0.3 is 24.1 Å². The first kappa shape index (κ1) is 25.4. The predicted molar refractivity (Wildman–Crippen MR) is 126 cm³/mol. The van der Waals surface area contributed by atoms with Crippen molar-refractivity contribution in [2.24, 2.45) is 16.7 Å². The number of aliphatic hydroxyl groups excluding tert-OH is 1. The molecule has 2 aliphatic carbocycles. The summed E-state index contributed by atoms with van der Waals surface area (Å²) in [6.07, 6.45) is 7.01. The van der Waals surface area contributed by atoms with Crippen LogP contribution in [0.2, 0.25) is 0 Å². The lowest BCUT2D eigenvalue weighted by Crippen LogP contribution is -2.60. The Morgan fingerprint density at radius 2 is 1.83 bits per heavy atom. The molecule has 2 aliphatic heterocycles. The maximum absolute atomic E-state index is 12.9. The van der Waals surface area contributed by atoms with Crippen molar-refractivity contribution in [1.29, 1.82) is 0 Å². The largest absolute Gasteiger partial charge is 0.463 e. The average molecular weight is 487 g/mol. The molecule has 2 fully saturated rings. The minimum Gasteiger partial charge on any atom is -0.463 e. The quantitative estimate of drug-likeness (QED) is 0.316. The summed E-state index contributed by atoms with van der Waals surface area (Å²) in [4.78, 5) is 37.4. The van der Waals surface area contributed by atoms with Crippen molar-refractivity contribution >= 4 is 17.9 Å². The van der Waals surface area contributed by atoms with E-state index in [1.54, 1.807) is 6.92 Å². The standard InChI is InChI=1S/C27H34O8/c1-16-9-11-27-15-33-25(31)24(30)17(2)10-12-32-22(28)7-5-6-8-23(29)35-20-14-19(34-21(27)13-16)18(3)26(20,27)4/h5-8,13,17,19-21,24,30H,3,9-12,14-15H2,1-2,4H3. The van der Waals surface area contributed by atoms with Gasteiger partial charge in [0.05, 0.1) is 18.8 Å². The van der Waals surface area contributed by atoms with Crippen LogP contribution < -0.4 is 0 Å². The Morgan fingerprint density at radius 1 is 1.11 bits per heavy atom. The first-order chi connectivity index (χ1) is 16.6. The Balaban J connectivity index is 1.71. The molecule has 190 valence electrons. The van der Waals surface area contributed by atoms with Gasteiger partial charge >= 0.3 is 17.9 Å². The number of carbonyl (C=O) groups excluding carboxylic acids is 3. The highest BCUT2D eigenvalue weighted by molar-refractivity contribution is 5.84. The monoisotopic (exact) mass is 486 g/mol. The third-order valence-electron chi connectivity index (χ3n) is 8.32. The third-order valence-corrected chi connectivity index (χ3v) is 8.32. The summed E-state index contributed by atoms with van der Waals surface area (Å²) in [5.41, 5.74) is 0.604. The molecular weight excluding hydrogens is 452 g/mol. The summed E-state index contributed by atoms with van der Waals surface area (Å²) in [5, 5.41) is 10.6. The van der Waals surface area contributed by atoms with Crippen LogP contribution in [0.4, 0.5) is 0 Å². The highest BCUT2D eigenvalue weighted by Crippen LogP contribution is 2.65. The number of ether oxygens (including phenoxy) is 4. The molecule has 2 heterocycles. The Kier molecular flexibility index (Phi) is 7.06. The molecule has 35 heavy (non-hydrogen) atoms. The molecule has 0 amide bonds. The van der Waals surface area contributed by atoms with E-state index in [2.05, 4.69) is 12.7 Å². The van der Waals surface area contributed by atoms with E-state index in [9.17, 15) is 19.5 Å². The molecule has 0 aromatic heterocycles. The average Bonchev–Trinajstić information content (AvgIpc) is 2.99. The van der Waals surface area contributed by atoms with Gasteiger partial charge in [0.1, 0.15) is 12.7 Å². The van der Waals surface area contributed by atoms with Gasteiger partial charge in [-0.05, 0) is 37.7 Å². The number of carbonyl (C=O) groups is 3. The minimum absolute atomic E-state index is 0.00604. The van der Waals surface area contributed by atoms with Gasteiger partial charge in [0.25, 0.3) is 0 Å². The van der Waals surface area contributed by atoms with Crippen LogP contribution in [0, 0.1) is 16.7 Å². The zero-order chi connectivity index (χ0) is 25.4. The second-order valence-corrected chi connectivity index (χ2v) is 10.3. The molecule has 2 bridgehead atoms. The smallest absolute Gasteiger partial charge is 0.335 e. The Hall–Kier alpha value is -2.71. The fourth-order valence-corrected chi connectivity index (χ4v) is 5.84. The van der Waals surface area contributed by atoms with Gasteiger partial charge in [-0.1, -0.05) is 44.2 Å². The van der Waals surface area contributed by atoms with Crippen LogP contribution in [0.15, 0.2) is 48.1 Å². The van der Waals surface area contributed by atoms with E-state index >= 15 is 0 Å². The van der Waals surface area contributed by atoms with E-state index < -0.39 is 46.9 Å². The van der Waals surface area contributed by atoms with Gasteiger partial charge in [0.2, 0.25) is 0 Å². The van der Waals surface area contributed by atoms with Crippen molar-refractivity contribution in [3.8, 4) is 0 Å². The van der Waals surface area contributed by atoms with Gasteiger partial charge in [0, 0.05) is 29.4 Å². The second kappa shape index (κ2) is 9.74. The second-order valence-electron chi connectivity index (χ2n) is 10.3. The number of esters is 3. The normalized spacial score (nSPS) is 40.6. The topological polar surface area (TPSA) is 108 Å². The van der Waals surface area contributed by atoms with Crippen molar-refractivity contribution in [1.82, 2.24) is 0 Å². The summed E-state index contributed by atoms with van der Waals surface area (Å²) in [6, 6.07) is 0. The zero-order valence-corrected chi connectivity index (χ0v) is 20.5. The maximum atomic E-state index is 12.9. The Bertz CT molecular complexity index is 993. The van der Waals surface area contributed by atoms with E-state index in [-0.39, 0.29) is 31.8 Å². The zero-order valence-electron chi connectivity index (χ0n) is 20.5. The molecule has 0 radical (unpaired) electrons. The highest BCUT2D eigenvalue weighted by Gasteiger charge is 2.68. The fraction of sp³-hybridized carbons (Fsp3) is 0.593. The number of rotatable bonds is 0. The number of hydrogen-bond donors (Lipinski definition) is 1. The van der Waals surface area contributed by atoms with Gasteiger partial charge in [-0.3, -0.25) is 0 Å². The van der Waals surface area contributed by atoms with Crippen molar-refractivity contribution in [3.63, 3.8) is 0 Å². The predicted octanol–water partition coefficient (Wildman–Crippen LogP) is 2.96. The summed E-state index contributed by atoms with van der Waals surface area (Å²) in [5.74, 6) is -2.36. The number of allylic oxidation sites excluding steroid dienone is 3. The van der Waals surface area contributed by atoms with Crippen molar-refractivity contribution in [2.75, 3.05) is 13.2 Å². The fourth-order valence-electron chi connectivity index (χ4n) is 5.84. The van der Waals surface area contributed by atoms with E-state index in [4.69, 9.17) is 18.9 Å². The summed E-state index contributed by atoms with van der Waals surface area (Å²) >= 11 is 0. The molecule has 4 rings (SSSR count). The van der Waals surface area contributed by atoms with E-state index in [0.29, 0.717) is 12.8 Å². The first-order valence-corrected chi connectivity index (χ1v) is 12.2. The molecule has 7 atom stereocenters. The van der Waals surface area contributed by atoms with E-state index in [1.807, 2.05) is 13.8 Å². The third kappa shape index (κ3) is 4.49. The van der Waals surface area contributed by atoms with Gasteiger partial charge in [-0.2, -0.15) is 0 Å². The number of aliphatic hydroxyl groups is 1. The molecule has 4 aliphatic rings. The summed E-state index contributed by atoms with van der Waals surface area (Å²) in [6.45, 7) is 10.1. The van der Waals surface area contributed by atoms with Crippen LogP contribution in [0.5, 0.6) is 0 Å². The molecule has 1 saturated carbocycles. The SMILES string of the molecule is C=C1C2CC3OC(=O)C=CC=CC(=O)OCCC(C)C(O)C(=O)OCC4(CCC(C)=CC4O2)C13C. The molecule has 8 heteroatoms. The van der Waals surface area contributed by atoms with E-state index in [0.717, 1.165) is 12.0 Å². The lowest BCUT2D eigenvalue weighted by Gasteiger charge is -2.56. The highest BCUT2D eigenvalue weighted by atomic mass is 16.6. The number of hydrogen-bond acceptors (Lipinski definition) is 8. The van der Waals surface area contributed by atoms with Crippen LogP contribution in [-0.4, -0.2) is 60.6 Å². The molecule has 1 N–H and O–H groups in total. The molecule has 1 spiro atoms. The van der Waals surface area contributed by atoms with Crippen LogP contribution in [0.3, 0.4) is 0 Å². The molecule has 8 nitrogen and oxygen atoms in total. The molecule has 0 aromatic rings. The van der Waals surface area contributed by atoms with Crippen molar-refractivity contribution in [3.05, 3.63) is 48.1 Å². The van der Waals surface area contributed by atoms with Crippen LogP contribution in [0.1, 0.15) is 46.5 Å². The minimum atomic E-state index is -1.37. The lowest BCUT2D eigenvalue weighted by atomic mass is 9.53. The lowest BCUT2D eigenvalue weighted by molar-refractivity contribution is -0.189. The molecule has 7 unspecified atom stereocenters. The summed E-state index contributed by atoms with van der Waals surface area (Å²) in [7, 11) is 0. The van der Waals surface area contributed by atoms with Gasteiger partial charge in [-0.25, -0.2) is 14.4 Å². The summed E-state index contributed by atoms with van der Waals surface area (Å²) < 4.78 is 23.2. The van der Waals surface area contributed by atoms with Gasteiger partial charge in [0.15, 0.2) is 6.10 Å². The number of cyclic esters (lactones) is 2. The van der Waals surface area contributed by atoms with E-state index in [1.165, 1.54) is 29.9 Å². The first-order valence-electron chi connectivity index (χ1n) is 12.2. The van der Waals surface area contributed by atoms with Crippen LogP contribution in [-0.2, 0) is 33.3 Å². The Labute approximate surface area is 205 Å². The molecule has 0 aromatic carbocycles. The Morgan fingerprint density at radius 3 is 2.57 bits per heavy atom. The molecule has 1 saturated heterocycles.